The zero-order chi connectivity index (χ0) is 8.55. The van der Waals surface area contributed by atoms with Crippen LogP contribution in [0.1, 0.15) is 11.1 Å². The van der Waals surface area contributed by atoms with Crippen molar-refractivity contribution >= 4 is 21.6 Å². The van der Waals surface area contributed by atoms with Crippen molar-refractivity contribution in [1.82, 2.24) is 5.32 Å². The van der Waals surface area contributed by atoms with E-state index in [9.17, 15) is 0 Å². The third kappa shape index (κ3) is 1.23. The predicted molar refractivity (Wildman–Crippen MR) is 54.0 cm³/mol. The van der Waals surface area contributed by atoms with Gasteiger partial charge in [0.05, 0.1) is 0 Å². The molecule has 0 saturated carbocycles. The second-order valence-electron chi connectivity index (χ2n) is 3.03. The van der Waals surface area contributed by atoms with Gasteiger partial charge in [0.2, 0.25) is 0 Å². The number of hydrogen-bond donors (Lipinski definition) is 2. The SMILES string of the molecule is Nc1c(Br)ccc2c1CCNC2. The summed E-state index contributed by atoms with van der Waals surface area (Å²) in [5.41, 5.74) is 9.48. The number of nitrogen functional groups attached to an aromatic ring is 1. The normalized spacial score (nSPS) is 15.8. The molecule has 0 saturated heterocycles. The number of rotatable bonds is 0. The van der Waals surface area contributed by atoms with Gasteiger partial charge in [-0.15, -0.1) is 0 Å². The van der Waals surface area contributed by atoms with Crippen LogP contribution in [0.5, 0.6) is 0 Å². The summed E-state index contributed by atoms with van der Waals surface area (Å²) in [7, 11) is 0. The van der Waals surface area contributed by atoms with Crippen molar-refractivity contribution in [2.45, 2.75) is 13.0 Å². The van der Waals surface area contributed by atoms with E-state index in [1.807, 2.05) is 6.07 Å². The van der Waals surface area contributed by atoms with Gasteiger partial charge in [-0.3, -0.25) is 0 Å². The minimum absolute atomic E-state index is 0.911. The van der Waals surface area contributed by atoms with E-state index >= 15 is 0 Å². The summed E-state index contributed by atoms with van der Waals surface area (Å²) < 4.78 is 1.02. The maximum absolute atomic E-state index is 5.93. The Bertz CT molecular complexity index is 310. The lowest BCUT2D eigenvalue weighted by atomic mass is 9.99. The van der Waals surface area contributed by atoms with E-state index in [4.69, 9.17) is 5.73 Å². The van der Waals surface area contributed by atoms with Crippen molar-refractivity contribution in [3.63, 3.8) is 0 Å². The molecule has 0 amide bonds. The Morgan fingerprint density at radius 3 is 3.08 bits per heavy atom. The van der Waals surface area contributed by atoms with E-state index in [1.54, 1.807) is 0 Å². The Morgan fingerprint density at radius 1 is 1.42 bits per heavy atom. The van der Waals surface area contributed by atoms with Crippen molar-refractivity contribution in [3.05, 3.63) is 27.7 Å². The zero-order valence-electron chi connectivity index (χ0n) is 6.73. The fourth-order valence-electron chi connectivity index (χ4n) is 1.58. The highest BCUT2D eigenvalue weighted by Crippen LogP contribution is 2.28. The molecule has 0 spiro atoms. The third-order valence-electron chi connectivity index (χ3n) is 2.27. The summed E-state index contributed by atoms with van der Waals surface area (Å²) in [4.78, 5) is 0. The largest absolute Gasteiger partial charge is 0.398 e. The molecule has 0 unspecified atom stereocenters. The molecule has 0 bridgehead atoms. The maximum atomic E-state index is 5.93. The average Bonchev–Trinajstić information content (AvgIpc) is 2.12. The molecule has 1 aliphatic rings. The first-order valence-corrected chi connectivity index (χ1v) is 4.85. The van der Waals surface area contributed by atoms with Crippen molar-refractivity contribution in [3.8, 4) is 0 Å². The number of nitrogens with one attached hydrogen (secondary N) is 1. The number of anilines is 1. The Labute approximate surface area is 80.3 Å². The summed E-state index contributed by atoms with van der Waals surface area (Å²) in [6, 6.07) is 4.14. The number of halogens is 1. The number of benzene rings is 1. The Morgan fingerprint density at radius 2 is 2.25 bits per heavy atom. The van der Waals surface area contributed by atoms with E-state index in [0.717, 1.165) is 29.7 Å². The van der Waals surface area contributed by atoms with Gasteiger partial charge in [-0.05, 0) is 46.1 Å². The van der Waals surface area contributed by atoms with Crippen LogP contribution >= 0.6 is 15.9 Å². The molecule has 2 rings (SSSR count). The number of hydrogen-bond acceptors (Lipinski definition) is 2. The first-order valence-electron chi connectivity index (χ1n) is 4.05. The molecular formula is C9H11BrN2. The van der Waals surface area contributed by atoms with E-state index < -0.39 is 0 Å². The summed E-state index contributed by atoms with van der Waals surface area (Å²) in [5, 5.41) is 3.32. The van der Waals surface area contributed by atoms with Crippen LogP contribution in [0.15, 0.2) is 16.6 Å². The summed E-state index contributed by atoms with van der Waals surface area (Å²) in [6.45, 7) is 1.99. The lowest BCUT2D eigenvalue weighted by Gasteiger charge is -2.19. The molecule has 64 valence electrons. The molecule has 0 fully saturated rings. The molecule has 1 aliphatic heterocycles. The lowest BCUT2D eigenvalue weighted by Crippen LogP contribution is -2.24. The van der Waals surface area contributed by atoms with Crippen LogP contribution in [0, 0.1) is 0 Å². The van der Waals surface area contributed by atoms with E-state index in [0.29, 0.717) is 0 Å². The molecular weight excluding hydrogens is 216 g/mol. The maximum Gasteiger partial charge on any atom is 0.0494 e. The van der Waals surface area contributed by atoms with Crippen LogP contribution in [0.25, 0.3) is 0 Å². The minimum atomic E-state index is 0.911. The average molecular weight is 227 g/mol. The van der Waals surface area contributed by atoms with Crippen molar-refractivity contribution in [2.75, 3.05) is 12.3 Å². The van der Waals surface area contributed by atoms with Gasteiger partial charge in [0.25, 0.3) is 0 Å². The van der Waals surface area contributed by atoms with Gasteiger partial charge in [0.1, 0.15) is 0 Å². The number of fused-ring (bicyclic) bond motifs is 1. The summed E-state index contributed by atoms with van der Waals surface area (Å²) in [6.07, 6.45) is 1.04. The molecule has 0 radical (unpaired) electrons. The van der Waals surface area contributed by atoms with E-state index in [1.165, 1.54) is 11.1 Å². The molecule has 0 aliphatic carbocycles. The Kier molecular flexibility index (Phi) is 2.07. The fraction of sp³-hybridized carbons (Fsp3) is 0.333. The topological polar surface area (TPSA) is 38.0 Å². The second-order valence-corrected chi connectivity index (χ2v) is 3.88. The highest BCUT2D eigenvalue weighted by molar-refractivity contribution is 9.10. The first-order chi connectivity index (χ1) is 5.79. The van der Waals surface area contributed by atoms with Gasteiger partial charge in [0, 0.05) is 16.7 Å². The van der Waals surface area contributed by atoms with Gasteiger partial charge in [-0.25, -0.2) is 0 Å². The summed E-state index contributed by atoms with van der Waals surface area (Å²) in [5.74, 6) is 0. The number of nitrogens with two attached hydrogens (primary N) is 1. The Balaban J connectivity index is 2.54. The van der Waals surface area contributed by atoms with Crippen molar-refractivity contribution in [2.24, 2.45) is 0 Å². The highest BCUT2D eigenvalue weighted by Gasteiger charge is 2.12. The third-order valence-corrected chi connectivity index (χ3v) is 2.96. The first kappa shape index (κ1) is 8.08. The molecule has 1 aromatic carbocycles. The van der Waals surface area contributed by atoms with Crippen molar-refractivity contribution < 1.29 is 0 Å². The quantitative estimate of drug-likeness (QED) is 0.661. The monoisotopic (exact) mass is 226 g/mol. The van der Waals surface area contributed by atoms with Crippen LogP contribution in [-0.4, -0.2) is 6.54 Å². The molecule has 1 heterocycles. The predicted octanol–water partition coefficient (Wildman–Crippen LogP) is 1.68. The van der Waals surface area contributed by atoms with Gasteiger partial charge >= 0.3 is 0 Å². The standard InChI is InChI=1S/C9H11BrN2/c10-8-2-1-6-5-12-4-3-7(6)9(8)11/h1-2,12H,3-5,11H2. The summed E-state index contributed by atoms with van der Waals surface area (Å²) >= 11 is 3.43. The van der Waals surface area contributed by atoms with Gasteiger partial charge < -0.3 is 11.1 Å². The molecule has 2 nitrogen and oxygen atoms in total. The fourth-order valence-corrected chi connectivity index (χ4v) is 1.95. The smallest absolute Gasteiger partial charge is 0.0494 e. The molecule has 3 heteroatoms. The van der Waals surface area contributed by atoms with Crippen LogP contribution in [0.4, 0.5) is 5.69 Å². The van der Waals surface area contributed by atoms with Gasteiger partial charge in [-0.2, -0.15) is 0 Å². The van der Waals surface area contributed by atoms with Gasteiger partial charge in [0.15, 0.2) is 0 Å². The zero-order valence-corrected chi connectivity index (χ0v) is 8.32. The molecule has 12 heavy (non-hydrogen) atoms. The van der Waals surface area contributed by atoms with Crippen LogP contribution in [0.2, 0.25) is 0 Å². The molecule has 1 aromatic rings. The second kappa shape index (κ2) is 3.07. The molecule has 3 N–H and O–H groups in total. The van der Waals surface area contributed by atoms with Crippen LogP contribution in [0.3, 0.4) is 0 Å². The van der Waals surface area contributed by atoms with Crippen LogP contribution in [-0.2, 0) is 13.0 Å². The lowest BCUT2D eigenvalue weighted by molar-refractivity contribution is 0.645. The van der Waals surface area contributed by atoms with E-state index in [-0.39, 0.29) is 0 Å². The minimum Gasteiger partial charge on any atom is -0.398 e. The van der Waals surface area contributed by atoms with Crippen molar-refractivity contribution in [1.29, 1.82) is 0 Å². The molecule has 0 atom stereocenters. The highest BCUT2D eigenvalue weighted by atomic mass is 79.9. The van der Waals surface area contributed by atoms with Gasteiger partial charge in [-0.1, -0.05) is 6.07 Å². The molecule has 0 aromatic heterocycles. The van der Waals surface area contributed by atoms with Crippen LogP contribution < -0.4 is 11.1 Å². The van der Waals surface area contributed by atoms with E-state index in [2.05, 4.69) is 27.3 Å². The Hall–Kier alpha value is -0.540.